The van der Waals surface area contributed by atoms with Gasteiger partial charge >= 0.3 is 11.4 Å². The first-order valence-corrected chi connectivity index (χ1v) is 4.45. The van der Waals surface area contributed by atoms with Crippen molar-refractivity contribution in [3.8, 4) is 0 Å². The molecule has 0 aromatic carbocycles. The molecule has 0 saturated carbocycles. The molecule has 0 aliphatic carbocycles. The Morgan fingerprint density at radius 1 is 1.73 bits per heavy atom. The van der Waals surface area contributed by atoms with Crippen molar-refractivity contribution >= 4 is 11.4 Å². The Bertz CT molecular complexity index is 150. The van der Waals surface area contributed by atoms with E-state index in [1.54, 1.807) is 7.11 Å². The third kappa shape index (κ3) is 2.52. The maximum Gasteiger partial charge on any atom is 0.304 e. The van der Waals surface area contributed by atoms with Crippen LogP contribution in [-0.4, -0.2) is 30.6 Å². The quantitative estimate of drug-likeness (QED) is 0.611. The van der Waals surface area contributed by atoms with E-state index in [0.29, 0.717) is 13.2 Å². The van der Waals surface area contributed by atoms with Gasteiger partial charge in [-0.25, -0.2) is 0 Å². The van der Waals surface area contributed by atoms with Crippen LogP contribution < -0.4 is 0 Å². The van der Waals surface area contributed by atoms with Crippen molar-refractivity contribution in [2.75, 3.05) is 20.3 Å². The van der Waals surface area contributed by atoms with E-state index in [2.05, 4.69) is 0 Å². The van der Waals surface area contributed by atoms with Gasteiger partial charge < -0.3 is 4.74 Å². The van der Waals surface area contributed by atoms with Gasteiger partial charge in [0.05, 0.1) is 13.2 Å². The zero-order valence-corrected chi connectivity index (χ0v) is 7.43. The molecule has 0 bridgehead atoms. The lowest BCUT2D eigenvalue weighted by atomic mass is 10.1. The lowest BCUT2D eigenvalue weighted by Crippen LogP contribution is -2.35. The monoisotopic (exact) mass is 180 g/mol. The van der Waals surface area contributed by atoms with Gasteiger partial charge in [-0.05, 0) is 0 Å². The van der Waals surface area contributed by atoms with Crippen molar-refractivity contribution in [3.05, 3.63) is 0 Å². The van der Waals surface area contributed by atoms with Crippen molar-refractivity contribution in [1.82, 2.24) is 0 Å². The van der Waals surface area contributed by atoms with Crippen molar-refractivity contribution in [3.63, 3.8) is 0 Å². The second kappa shape index (κ2) is 4.15. The highest BCUT2D eigenvalue weighted by atomic mass is 32.2. The summed E-state index contributed by atoms with van der Waals surface area (Å²) in [5, 5.41) is 0. The van der Waals surface area contributed by atoms with Crippen LogP contribution in [0.15, 0.2) is 0 Å². The fourth-order valence-electron chi connectivity index (χ4n) is 0.850. The third-order valence-corrected chi connectivity index (χ3v) is 2.33. The van der Waals surface area contributed by atoms with E-state index < -0.39 is 11.4 Å². The molecule has 11 heavy (non-hydrogen) atoms. The van der Waals surface area contributed by atoms with E-state index in [9.17, 15) is 4.21 Å². The number of hydrogen-bond acceptors (Lipinski definition) is 4. The predicted molar refractivity (Wildman–Crippen MR) is 40.0 cm³/mol. The number of methoxy groups -OCH3 is 1. The Hall–Kier alpha value is 0.0300. The molecule has 0 aromatic heterocycles. The zero-order chi connectivity index (χ0) is 8.27. The molecule has 3 atom stereocenters. The molecule has 1 fully saturated rings. The minimum atomic E-state index is -1.57. The van der Waals surface area contributed by atoms with E-state index in [1.807, 2.05) is 6.92 Å². The summed E-state index contributed by atoms with van der Waals surface area (Å²) in [6.45, 7) is 2.91. The van der Waals surface area contributed by atoms with Gasteiger partial charge in [-0.3, -0.25) is 8.37 Å². The molecule has 1 heterocycles. The number of hydrogen-bond donors (Lipinski definition) is 0. The fraction of sp³-hybridized carbons (Fsp3) is 1.00. The molecule has 0 N–H and O–H groups in total. The fourth-order valence-corrected chi connectivity index (χ4v) is 1.68. The molecule has 1 aliphatic heterocycles. The molecule has 1 rings (SSSR count). The molecule has 5 heteroatoms. The molecule has 0 amide bonds. The van der Waals surface area contributed by atoms with Gasteiger partial charge in [0.15, 0.2) is 0 Å². The molecule has 4 nitrogen and oxygen atoms in total. The average Bonchev–Trinajstić information content (AvgIpc) is 1.98. The Kier molecular flexibility index (Phi) is 3.45. The summed E-state index contributed by atoms with van der Waals surface area (Å²) < 4.78 is 25.3. The minimum Gasteiger partial charge on any atom is -0.382 e. The summed E-state index contributed by atoms with van der Waals surface area (Å²) in [7, 11) is 1.59. The third-order valence-electron chi connectivity index (χ3n) is 1.59. The highest BCUT2D eigenvalue weighted by Gasteiger charge is 2.27. The summed E-state index contributed by atoms with van der Waals surface area (Å²) in [5.41, 5.74) is 0. The van der Waals surface area contributed by atoms with E-state index in [1.165, 1.54) is 0 Å². The van der Waals surface area contributed by atoms with Gasteiger partial charge in [0, 0.05) is 13.0 Å². The van der Waals surface area contributed by atoms with Crippen LogP contribution in [0.2, 0.25) is 0 Å². The maximum atomic E-state index is 10.7. The van der Waals surface area contributed by atoms with Gasteiger partial charge in [0.1, 0.15) is 6.10 Å². The Morgan fingerprint density at radius 3 is 3.09 bits per heavy atom. The second-order valence-corrected chi connectivity index (χ2v) is 3.39. The predicted octanol–water partition coefficient (Wildman–Crippen LogP) is 0.263. The lowest BCUT2D eigenvalue weighted by Gasteiger charge is -2.26. The summed E-state index contributed by atoms with van der Waals surface area (Å²) in [6, 6.07) is 0. The van der Waals surface area contributed by atoms with E-state index in [-0.39, 0.29) is 12.0 Å². The maximum absolute atomic E-state index is 10.7. The molecular formula is C6H12O4S. The summed E-state index contributed by atoms with van der Waals surface area (Å²) >= 11 is -1.57. The first kappa shape index (κ1) is 9.12. The van der Waals surface area contributed by atoms with E-state index >= 15 is 0 Å². The van der Waals surface area contributed by atoms with Crippen LogP contribution >= 0.6 is 0 Å². The molecule has 1 aliphatic rings. The molecule has 3 unspecified atom stereocenters. The van der Waals surface area contributed by atoms with Gasteiger partial charge in [-0.15, -0.1) is 0 Å². The normalized spacial score (nSPS) is 38.9. The van der Waals surface area contributed by atoms with Crippen molar-refractivity contribution < 1.29 is 17.3 Å². The summed E-state index contributed by atoms with van der Waals surface area (Å²) in [6.07, 6.45) is -0.102. The van der Waals surface area contributed by atoms with Crippen LogP contribution in [-0.2, 0) is 24.5 Å². The molecule has 1 saturated heterocycles. The first-order chi connectivity index (χ1) is 5.24. The summed E-state index contributed by atoms with van der Waals surface area (Å²) in [5.74, 6) is 0.243. The molecule has 66 valence electrons. The molecular weight excluding hydrogens is 168 g/mol. The standard InChI is InChI=1S/C6H12O4S/c1-5-3-9-11(7)10-6(5)4-8-2/h5-6H,3-4H2,1-2H3. The van der Waals surface area contributed by atoms with Gasteiger partial charge in [-0.2, -0.15) is 4.21 Å². The zero-order valence-electron chi connectivity index (χ0n) is 6.61. The van der Waals surface area contributed by atoms with Crippen molar-refractivity contribution in [2.45, 2.75) is 13.0 Å². The van der Waals surface area contributed by atoms with Crippen LogP contribution in [0.1, 0.15) is 6.92 Å². The smallest absolute Gasteiger partial charge is 0.304 e. The van der Waals surface area contributed by atoms with E-state index in [4.69, 9.17) is 13.1 Å². The molecule has 0 radical (unpaired) electrons. The molecule has 0 spiro atoms. The average molecular weight is 180 g/mol. The SMILES string of the molecule is COCC1OS(=O)OCC1C. The second-order valence-electron chi connectivity index (χ2n) is 2.56. The number of rotatable bonds is 2. The van der Waals surface area contributed by atoms with Crippen LogP contribution in [0.4, 0.5) is 0 Å². The largest absolute Gasteiger partial charge is 0.382 e. The van der Waals surface area contributed by atoms with Gasteiger partial charge in [0.2, 0.25) is 0 Å². The van der Waals surface area contributed by atoms with Crippen molar-refractivity contribution in [2.24, 2.45) is 5.92 Å². The van der Waals surface area contributed by atoms with Crippen molar-refractivity contribution in [1.29, 1.82) is 0 Å². The van der Waals surface area contributed by atoms with Crippen LogP contribution in [0.3, 0.4) is 0 Å². The molecule has 0 aromatic rings. The van der Waals surface area contributed by atoms with Crippen LogP contribution in [0.5, 0.6) is 0 Å². The van der Waals surface area contributed by atoms with E-state index in [0.717, 1.165) is 0 Å². The van der Waals surface area contributed by atoms with Gasteiger partial charge in [0.25, 0.3) is 0 Å². The Balaban J connectivity index is 2.40. The van der Waals surface area contributed by atoms with Crippen LogP contribution in [0, 0.1) is 5.92 Å². The highest BCUT2D eigenvalue weighted by molar-refractivity contribution is 7.75. The van der Waals surface area contributed by atoms with Crippen LogP contribution in [0.25, 0.3) is 0 Å². The number of ether oxygens (including phenoxy) is 1. The first-order valence-electron chi connectivity index (χ1n) is 3.45. The summed E-state index contributed by atoms with van der Waals surface area (Å²) in [4.78, 5) is 0. The Morgan fingerprint density at radius 2 is 2.45 bits per heavy atom. The highest BCUT2D eigenvalue weighted by Crippen LogP contribution is 2.16. The minimum absolute atomic E-state index is 0.102. The topological polar surface area (TPSA) is 44.8 Å². The Labute approximate surface area is 68.7 Å². The van der Waals surface area contributed by atoms with Gasteiger partial charge in [-0.1, -0.05) is 6.92 Å². The lowest BCUT2D eigenvalue weighted by molar-refractivity contribution is 0.00631.